The van der Waals surface area contributed by atoms with Gasteiger partial charge in [-0.05, 0) is 54.3 Å². The van der Waals surface area contributed by atoms with E-state index in [1.54, 1.807) is 38.5 Å². The lowest BCUT2D eigenvalue weighted by molar-refractivity contribution is -0.116. The maximum absolute atomic E-state index is 12.2. The smallest absolute Gasteiger partial charge is 0.338 e. The molecule has 28 heavy (non-hydrogen) atoms. The van der Waals surface area contributed by atoms with Gasteiger partial charge in [0.1, 0.15) is 0 Å². The van der Waals surface area contributed by atoms with Gasteiger partial charge >= 0.3 is 5.97 Å². The standard InChI is InChI=1S/C22H27NO5/c1-15(2)14-28-22(25)17-7-9-18(10-8-17)23-21(24)12-6-16-5-11-19(26-3)20(13-16)27-4/h5,7-11,13,15H,6,12,14H2,1-4H3,(H,23,24). The monoisotopic (exact) mass is 385 g/mol. The van der Waals surface area contributed by atoms with Crippen LogP contribution in [0.5, 0.6) is 11.5 Å². The first-order valence-electron chi connectivity index (χ1n) is 9.21. The number of carbonyl (C=O) groups is 2. The average molecular weight is 385 g/mol. The lowest BCUT2D eigenvalue weighted by Crippen LogP contribution is -2.13. The first-order chi connectivity index (χ1) is 13.4. The van der Waals surface area contributed by atoms with Crippen molar-refractivity contribution in [1.82, 2.24) is 0 Å². The van der Waals surface area contributed by atoms with Crippen LogP contribution in [0.25, 0.3) is 0 Å². The van der Waals surface area contributed by atoms with E-state index in [2.05, 4.69) is 5.32 Å². The van der Waals surface area contributed by atoms with Gasteiger partial charge in [0.25, 0.3) is 0 Å². The number of anilines is 1. The second-order valence-electron chi connectivity index (χ2n) is 6.81. The Hall–Kier alpha value is -3.02. The molecule has 1 amide bonds. The van der Waals surface area contributed by atoms with Gasteiger partial charge in [0.15, 0.2) is 11.5 Å². The summed E-state index contributed by atoms with van der Waals surface area (Å²) in [6.45, 7) is 4.34. The highest BCUT2D eigenvalue weighted by Gasteiger charge is 2.10. The highest BCUT2D eigenvalue weighted by molar-refractivity contribution is 5.93. The summed E-state index contributed by atoms with van der Waals surface area (Å²) >= 11 is 0. The topological polar surface area (TPSA) is 73.9 Å². The summed E-state index contributed by atoms with van der Waals surface area (Å²) in [5, 5.41) is 2.83. The third-order valence-electron chi connectivity index (χ3n) is 4.04. The van der Waals surface area contributed by atoms with E-state index in [1.807, 2.05) is 32.0 Å². The molecule has 0 fully saturated rings. The molecular formula is C22H27NO5. The lowest BCUT2D eigenvalue weighted by Gasteiger charge is -2.10. The van der Waals surface area contributed by atoms with Crippen molar-refractivity contribution in [2.45, 2.75) is 26.7 Å². The molecule has 6 nitrogen and oxygen atoms in total. The quantitative estimate of drug-likeness (QED) is 0.658. The second kappa shape index (κ2) is 10.3. The fraction of sp³-hybridized carbons (Fsp3) is 0.364. The molecule has 2 aromatic carbocycles. The normalized spacial score (nSPS) is 10.5. The molecule has 0 spiro atoms. The van der Waals surface area contributed by atoms with Gasteiger partial charge in [-0.1, -0.05) is 19.9 Å². The number of aryl methyl sites for hydroxylation is 1. The summed E-state index contributed by atoms with van der Waals surface area (Å²) < 4.78 is 15.7. The number of hydrogen-bond donors (Lipinski definition) is 1. The molecule has 0 unspecified atom stereocenters. The van der Waals surface area contributed by atoms with Crippen molar-refractivity contribution in [3.05, 3.63) is 53.6 Å². The summed E-state index contributed by atoms with van der Waals surface area (Å²) in [4.78, 5) is 24.1. The Balaban J connectivity index is 1.87. The van der Waals surface area contributed by atoms with Gasteiger partial charge < -0.3 is 19.5 Å². The van der Waals surface area contributed by atoms with Crippen molar-refractivity contribution in [3.63, 3.8) is 0 Å². The largest absolute Gasteiger partial charge is 0.493 e. The van der Waals surface area contributed by atoms with E-state index in [-0.39, 0.29) is 17.8 Å². The Morgan fingerprint density at radius 2 is 1.64 bits per heavy atom. The van der Waals surface area contributed by atoms with E-state index >= 15 is 0 Å². The van der Waals surface area contributed by atoms with E-state index in [1.165, 1.54) is 0 Å². The van der Waals surface area contributed by atoms with E-state index in [9.17, 15) is 9.59 Å². The number of methoxy groups -OCH3 is 2. The van der Waals surface area contributed by atoms with Gasteiger partial charge in [-0.15, -0.1) is 0 Å². The van der Waals surface area contributed by atoms with E-state index in [4.69, 9.17) is 14.2 Å². The van der Waals surface area contributed by atoms with Crippen LogP contribution in [0.2, 0.25) is 0 Å². The van der Waals surface area contributed by atoms with Gasteiger partial charge in [-0.3, -0.25) is 4.79 Å². The summed E-state index contributed by atoms with van der Waals surface area (Å²) in [5.74, 6) is 1.11. The Bertz CT molecular complexity index is 799. The molecule has 0 aliphatic heterocycles. The molecule has 0 aromatic heterocycles. The summed E-state index contributed by atoms with van der Waals surface area (Å²) in [6.07, 6.45) is 0.902. The highest BCUT2D eigenvalue weighted by Crippen LogP contribution is 2.28. The molecule has 150 valence electrons. The second-order valence-corrected chi connectivity index (χ2v) is 6.81. The minimum absolute atomic E-state index is 0.107. The minimum atomic E-state index is -0.361. The van der Waals surface area contributed by atoms with Crippen LogP contribution in [0, 0.1) is 5.92 Å². The van der Waals surface area contributed by atoms with Crippen LogP contribution in [0.1, 0.15) is 36.2 Å². The molecule has 0 saturated carbocycles. The van der Waals surface area contributed by atoms with Gasteiger partial charge in [0.2, 0.25) is 5.91 Å². The number of benzene rings is 2. The van der Waals surface area contributed by atoms with Crippen molar-refractivity contribution in [2.24, 2.45) is 5.92 Å². The van der Waals surface area contributed by atoms with Crippen LogP contribution in [0.15, 0.2) is 42.5 Å². The first kappa shape index (κ1) is 21.3. The van der Waals surface area contributed by atoms with Crippen molar-refractivity contribution < 1.29 is 23.8 Å². The number of amides is 1. The van der Waals surface area contributed by atoms with Crippen LogP contribution in [-0.4, -0.2) is 32.7 Å². The Labute approximate surface area is 165 Å². The number of esters is 1. The molecule has 0 saturated heterocycles. The zero-order chi connectivity index (χ0) is 20.5. The summed E-state index contributed by atoms with van der Waals surface area (Å²) in [6, 6.07) is 12.3. The molecule has 0 atom stereocenters. The van der Waals surface area contributed by atoms with Gasteiger partial charge in [-0.25, -0.2) is 4.79 Å². The number of hydrogen-bond acceptors (Lipinski definition) is 5. The zero-order valence-electron chi connectivity index (χ0n) is 16.8. The molecule has 0 heterocycles. The third-order valence-corrected chi connectivity index (χ3v) is 4.04. The number of carbonyl (C=O) groups excluding carboxylic acids is 2. The molecular weight excluding hydrogens is 358 g/mol. The molecule has 2 rings (SSSR count). The fourth-order valence-electron chi connectivity index (χ4n) is 2.53. The van der Waals surface area contributed by atoms with Crippen LogP contribution in [0.4, 0.5) is 5.69 Å². The van der Waals surface area contributed by atoms with Gasteiger partial charge in [-0.2, -0.15) is 0 Å². The predicted octanol–water partition coefficient (Wildman–Crippen LogP) is 4.09. The number of ether oxygens (including phenoxy) is 3. The van der Waals surface area contributed by atoms with Crippen molar-refractivity contribution in [2.75, 3.05) is 26.1 Å². The highest BCUT2D eigenvalue weighted by atomic mass is 16.5. The molecule has 1 N–H and O–H groups in total. The molecule has 0 aliphatic rings. The molecule has 2 aromatic rings. The Morgan fingerprint density at radius 3 is 2.25 bits per heavy atom. The molecule has 0 radical (unpaired) electrons. The molecule has 6 heteroatoms. The molecule has 0 aliphatic carbocycles. The summed E-state index contributed by atoms with van der Waals surface area (Å²) in [7, 11) is 3.16. The van der Waals surface area contributed by atoms with Crippen LogP contribution >= 0.6 is 0 Å². The SMILES string of the molecule is COc1ccc(CCC(=O)Nc2ccc(C(=O)OCC(C)C)cc2)cc1OC. The Morgan fingerprint density at radius 1 is 0.964 bits per heavy atom. The van der Waals surface area contributed by atoms with Gasteiger partial charge in [0.05, 0.1) is 26.4 Å². The van der Waals surface area contributed by atoms with E-state index in [0.29, 0.717) is 42.2 Å². The Kier molecular flexibility index (Phi) is 7.87. The third kappa shape index (κ3) is 6.30. The van der Waals surface area contributed by atoms with Crippen molar-refractivity contribution in [3.8, 4) is 11.5 Å². The molecule has 0 bridgehead atoms. The predicted molar refractivity (Wildman–Crippen MR) is 108 cm³/mol. The van der Waals surface area contributed by atoms with Crippen LogP contribution < -0.4 is 14.8 Å². The average Bonchev–Trinajstić information content (AvgIpc) is 2.70. The summed E-state index contributed by atoms with van der Waals surface area (Å²) in [5.41, 5.74) is 2.08. The maximum atomic E-state index is 12.2. The maximum Gasteiger partial charge on any atom is 0.338 e. The van der Waals surface area contributed by atoms with Gasteiger partial charge in [0, 0.05) is 12.1 Å². The van der Waals surface area contributed by atoms with Crippen molar-refractivity contribution in [1.29, 1.82) is 0 Å². The van der Waals surface area contributed by atoms with E-state index < -0.39 is 0 Å². The van der Waals surface area contributed by atoms with E-state index in [0.717, 1.165) is 5.56 Å². The fourth-order valence-corrected chi connectivity index (χ4v) is 2.53. The van der Waals surface area contributed by atoms with Crippen molar-refractivity contribution >= 4 is 17.6 Å². The lowest BCUT2D eigenvalue weighted by atomic mass is 10.1. The minimum Gasteiger partial charge on any atom is -0.493 e. The first-order valence-corrected chi connectivity index (χ1v) is 9.21. The number of rotatable bonds is 9. The number of nitrogens with one attached hydrogen (secondary N) is 1. The van der Waals surface area contributed by atoms with Crippen LogP contribution in [-0.2, 0) is 16.0 Å². The zero-order valence-corrected chi connectivity index (χ0v) is 16.8. The van der Waals surface area contributed by atoms with Crippen LogP contribution in [0.3, 0.4) is 0 Å².